The molecule has 0 aromatic heterocycles. The Kier molecular flexibility index (Phi) is 6.38. The van der Waals surface area contributed by atoms with Crippen molar-refractivity contribution in [2.45, 2.75) is 32.8 Å². The third-order valence-electron chi connectivity index (χ3n) is 1.43. The largest absolute Gasteiger partial charge is 0.478 e. The maximum atomic E-state index is 10.0. The quantitative estimate of drug-likeness (QED) is 0.622. The highest BCUT2D eigenvalue weighted by Crippen LogP contribution is 1.99. The molecule has 70 valence electrons. The zero-order chi connectivity index (χ0) is 9.40. The number of ether oxygens (including phenoxy) is 1. The van der Waals surface area contributed by atoms with Gasteiger partial charge in [0.05, 0.1) is 12.7 Å². The number of rotatable bonds is 6. The summed E-state index contributed by atoms with van der Waals surface area (Å²) in [5.74, 6) is -0.929. The molecule has 12 heavy (non-hydrogen) atoms. The summed E-state index contributed by atoms with van der Waals surface area (Å²) in [4.78, 5) is 10.0. The molecule has 0 aromatic rings. The first-order chi connectivity index (χ1) is 5.66. The second-order valence-electron chi connectivity index (χ2n) is 2.67. The molecule has 0 spiro atoms. The van der Waals surface area contributed by atoms with Crippen LogP contribution < -0.4 is 0 Å². The minimum Gasteiger partial charge on any atom is -0.478 e. The minimum atomic E-state index is -0.929. The molecule has 0 fully saturated rings. The van der Waals surface area contributed by atoms with E-state index < -0.39 is 5.97 Å². The van der Waals surface area contributed by atoms with Crippen molar-refractivity contribution in [2.24, 2.45) is 0 Å². The number of carboxylic acid groups (broad SMARTS) is 1. The normalized spacial score (nSPS) is 13.5. The Morgan fingerprint density at radius 3 is 2.83 bits per heavy atom. The SMILES string of the molecule is CCCC(C)OC/C=C/C(=O)O. The van der Waals surface area contributed by atoms with Crippen molar-refractivity contribution in [3.8, 4) is 0 Å². The van der Waals surface area contributed by atoms with Gasteiger partial charge in [0.25, 0.3) is 0 Å². The van der Waals surface area contributed by atoms with Crippen LogP contribution >= 0.6 is 0 Å². The predicted molar refractivity (Wildman–Crippen MR) is 47.1 cm³/mol. The summed E-state index contributed by atoms with van der Waals surface area (Å²) in [6, 6.07) is 0. The molecule has 0 aliphatic heterocycles. The molecular formula is C9H16O3. The number of carboxylic acids is 1. The minimum absolute atomic E-state index is 0.216. The van der Waals surface area contributed by atoms with Gasteiger partial charge in [-0.3, -0.25) is 0 Å². The molecule has 0 aromatic carbocycles. The molecular weight excluding hydrogens is 156 g/mol. The first-order valence-electron chi connectivity index (χ1n) is 4.18. The van der Waals surface area contributed by atoms with Crippen LogP contribution in [0, 0.1) is 0 Å². The number of hydrogen-bond acceptors (Lipinski definition) is 2. The van der Waals surface area contributed by atoms with Gasteiger partial charge in [0.15, 0.2) is 0 Å². The Hall–Kier alpha value is -0.830. The zero-order valence-electron chi connectivity index (χ0n) is 7.62. The molecule has 3 nitrogen and oxygen atoms in total. The van der Waals surface area contributed by atoms with Crippen LogP contribution in [0.1, 0.15) is 26.7 Å². The molecule has 0 saturated carbocycles. The highest BCUT2D eigenvalue weighted by molar-refractivity contribution is 5.79. The maximum Gasteiger partial charge on any atom is 0.328 e. The zero-order valence-corrected chi connectivity index (χ0v) is 7.62. The summed E-state index contributed by atoms with van der Waals surface area (Å²) in [7, 11) is 0. The molecule has 0 aliphatic carbocycles. The monoisotopic (exact) mass is 172 g/mol. The van der Waals surface area contributed by atoms with E-state index in [1.54, 1.807) is 0 Å². The van der Waals surface area contributed by atoms with E-state index in [1.165, 1.54) is 6.08 Å². The van der Waals surface area contributed by atoms with Crippen molar-refractivity contribution in [1.82, 2.24) is 0 Å². The van der Waals surface area contributed by atoms with Gasteiger partial charge in [-0.05, 0) is 13.3 Å². The Labute approximate surface area is 73.0 Å². The van der Waals surface area contributed by atoms with Gasteiger partial charge in [-0.25, -0.2) is 4.79 Å². The van der Waals surface area contributed by atoms with Gasteiger partial charge in [0.2, 0.25) is 0 Å². The smallest absolute Gasteiger partial charge is 0.328 e. The average Bonchev–Trinajstić information content (AvgIpc) is 1.98. The number of aliphatic carboxylic acids is 1. The lowest BCUT2D eigenvalue weighted by Crippen LogP contribution is -2.07. The van der Waals surface area contributed by atoms with Crippen LogP contribution in [0.25, 0.3) is 0 Å². The van der Waals surface area contributed by atoms with Crippen LogP contribution in [-0.2, 0) is 9.53 Å². The molecule has 0 amide bonds. The summed E-state index contributed by atoms with van der Waals surface area (Å²) in [5.41, 5.74) is 0. The fourth-order valence-corrected chi connectivity index (χ4v) is 0.859. The standard InChI is InChI=1S/C9H16O3/c1-3-5-8(2)12-7-4-6-9(10)11/h4,6,8H,3,5,7H2,1-2H3,(H,10,11)/b6-4+. The van der Waals surface area contributed by atoms with Gasteiger partial charge in [0, 0.05) is 6.08 Å². The molecule has 1 atom stereocenters. The van der Waals surface area contributed by atoms with E-state index in [4.69, 9.17) is 9.84 Å². The van der Waals surface area contributed by atoms with E-state index in [1.807, 2.05) is 6.92 Å². The third-order valence-corrected chi connectivity index (χ3v) is 1.43. The third kappa shape index (κ3) is 7.28. The molecule has 1 N–H and O–H groups in total. The van der Waals surface area contributed by atoms with Gasteiger partial charge in [0.1, 0.15) is 0 Å². The summed E-state index contributed by atoms with van der Waals surface area (Å²) in [6.07, 6.45) is 4.92. The summed E-state index contributed by atoms with van der Waals surface area (Å²) < 4.78 is 5.28. The van der Waals surface area contributed by atoms with Crippen molar-refractivity contribution < 1.29 is 14.6 Å². The first kappa shape index (κ1) is 11.2. The molecule has 0 radical (unpaired) electrons. The Bertz CT molecular complexity index is 152. The highest BCUT2D eigenvalue weighted by Gasteiger charge is 1.97. The van der Waals surface area contributed by atoms with Crippen molar-refractivity contribution in [3.63, 3.8) is 0 Å². The average molecular weight is 172 g/mol. The van der Waals surface area contributed by atoms with Crippen LogP contribution in [-0.4, -0.2) is 23.8 Å². The van der Waals surface area contributed by atoms with Gasteiger partial charge >= 0.3 is 5.97 Å². The van der Waals surface area contributed by atoms with E-state index in [-0.39, 0.29) is 6.10 Å². The van der Waals surface area contributed by atoms with Crippen LogP contribution in [0.5, 0.6) is 0 Å². The fraction of sp³-hybridized carbons (Fsp3) is 0.667. The van der Waals surface area contributed by atoms with Crippen LogP contribution in [0.15, 0.2) is 12.2 Å². The van der Waals surface area contributed by atoms with E-state index in [9.17, 15) is 4.79 Å². The molecule has 0 aliphatic rings. The van der Waals surface area contributed by atoms with Crippen LogP contribution in [0.3, 0.4) is 0 Å². The predicted octanol–water partition coefficient (Wildman–Crippen LogP) is 1.83. The van der Waals surface area contributed by atoms with E-state index in [0.29, 0.717) is 6.61 Å². The van der Waals surface area contributed by atoms with Crippen molar-refractivity contribution in [2.75, 3.05) is 6.61 Å². The second kappa shape index (κ2) is 6.85. The summed E-state index contributed by atoms with van der Waals surface area (Å²) in [6.45, 7) is 4.46. The van der Waals surface area contributed by atoms with Crippen molar-refractivity contribution >= 4 is 5.97 Å². The maximum absolute atomic E-state index is 10.0. The Morgan fingerprint density at radius 2 is 2.33 bits per heavy atom. The molecule has 0 heterocycles. The fourth-order valence-electron chi connectivity index (χ4n) is 0.859. The molecule has 1 unspecified atom stereocenters. The van der Waals surface area contributed by atoms with Gasteiger partial charge < -0.3 is 9.84 Å². The summed E-state index contributed by atoms with van der Waals surface area (Å²) >= 11 is 0. The van der Waals surface area contributed by atoms with E-state index in [0.717, 1.165) is 18.9 Å². The first-order valence-corrected chi connectivity index (χ1v) is 4.18. The van der Waals surface area contributed by atoms with Gasteiger partial charge in [-0.2, -0.15) is 0 Å². The topological polar surface area (TPSA) is 46.5 Å². The van der Waals surface area contributed by atoms with E-state index in [2.05, 4.69) is 6.92 Å². The lowest BCUT2D eigenvalue weighted by molar-refractivity contribution is -0.131. The highest BCUT2D eigenvalue weighted by atomic mass is 16.5. The lowest BCUT2D eigenvalue weighted by atomic mass is 10.2. The Morgan fingerprint density at radius 1 is 1.67 bits per heavy atom. The van der Waals surface area contributed by atoms with Crippen LogP contribution in [0.2, 0.25) is 0 Å². The molecule has 0 rings (SSSR count). The number of hydrogen-bond donors (Lipinski definition) is 1. The van der Waals surface area contributed by atoms with E-state index >= 15 is 0 Å². The van der Waals surface area contributed by atoms with Crippen LogP contribution in [0.4, 0.5) is 0 Å². The lowest BCUT2D eigenvalue weighted by Gasteiger charge is -2.08. The van der Waals surface area contributed by atoms with Gasteiger partial charge in [-0.15, -0.1) is 0 Å². The Balaban J connectivity index is 3.36. The molecule has 0 bridgehead atoms. The number of carbonyl (C=O) groups is 1. The second-order valence-corrected chi connectivity index (χ2v) is 2.67. The molecule has 3 heteroatoms. The van der Waals surface area contributed by atoms with Gasteiger partial charge in [-0.1, -0.05) is 19.4 Å². The molecule has 0 saturated heterocycles. The summed E-state index contributed by atoms with van der Waals surface area (Å²) in [5, 5.41) is 8.24. The van der Waals surface area contributed by atoms with Crippen molar-refractivity contribution in [3.05, 3.63) is 12.2 Å². The van der Waals surface area contributed by atoms with Crippen molar-refractivity contribution in [1.29, 1.82) is 0 Å².